The molecule has 1 saturated heterocycles. The van der Waals surface area contributed by atoms with Crippen LogP contribution in [0.3, 0.4) is 0 Å². The minimum atomic E-state index is -3.44. The predicted octanol–water partition coefficient (Wildman–Crippen LogP) is 2.75. The van der Waals surface area contributed by atoms with Gasteiger partial charge >= 0.3 is 17.9 Å². The van der Waals surface area contributed by atoms with E-state index in [-0.39, 0.29) is 24.2 Å². The number of rotatable bonds is 10. The summed E-state index contributed by atoms with van der Waals surface area (Å²) in [7, 11) is 0. The minimum absolute atomic E-state index is 0.262. The number of carbonyl (C=O) groups is 2. The van der Waals surface area contributed by atoms with E-state index in [1.54, 1.807) is 13.0 Å². The van der Waals surface area contributed by atoms with Crippen molar-refractivity contribution in [2.24, 2.45) is 0 Å². The smallest absolute Gasteiger partial charge is 0.339 e. The number of benzene rings is 1. The van der Waals surface area contributed by atoms with Crippen LogP contribution in [0.2, 0.25) is 0 Å². The summed E-state index contributed by atoms with van der Waals surface area (Å²) in [6.07, 6.45) is 1.17. The minimum Gasteiger partial charge on any atom is -0.382 e. The molecular formula is C20H26F2N2O5. The van der Waals surface area contributed by atoms with Crippen LogP contribution in [0.15, 0.2) is 42.5 Å². The molecule has 0 spiro atoms. The Bertz CT molecular complexity index is 714. The maximum absolute atomic E-state index is 14.4. The van der Waals surface area contributed by atoms with Crippen molar-refractivity contribution in [2.75, 3.05) is 13.1 Å². The molecule has 2 amide bonds. The Balaban J connectivity index is 1.90. The second-order valence-electron chi connectivity index (χ2n) is 6.89. The van der Waals surface area contributed by atoms with E-state index in [4.69, 9.17) is 4.89 Å². The maximum Gasteiger partial charge on any atom is 0.339 e. The Kier molecular flexibility index (Phi) is 8.10. The van der Waals surface area contributed by atoms with E-state index in [9.17, 15) is 23.5 Å². The fourth-order valence-corrected chi connectivity index (χ4v) is 2.93. The van der Waals surface area contributed by atoms with Crippen LogP contribution >= 0.6 is 0 Å². The van der Waals surface area contributed by atoms with Crippen molar-refractivity contribution in [3.8, 4) is 0 Å². The molecule has 160 valence electrons. The first-order chi connectivity index (χ1) is 13.7. The maximum atomic E-state index is 14.4. The van der Waals surface area contributed by atoms with Crippen LogP contribution in [0, 0.1) is 0 Å². The predicted molar refractivity (Wildman–Crippen MR) is 101 cm³/mol. The van der Waals surface area contributed by atoms with Gasteiger partial charge in [-0.3, -0.25) is 4.89 Å². The molecule has 0 radical (unpaired) electrons. The summed E-state index contributed by atoms with van der Waals surface area (Å²) in [6.45, 7) is 3.58. The normalized spacial score (nSPS) is 19.3. The van der Waals surface area contributed by atoms with E-state index in [2.05, 4.69) is 10.2 Å². The van der Waals surface area contributed by atoms with Gasteiger partial charge in [-0.2, -0.15) is 13.7 Å². The second-order valence-corrected chi connectivity index (χ2v) is 6.89. The number of aliphatic hydroxyl groups excluding tert-OH is 1. The summed E-state index contributed by atoms with van der Waals surface area (Å²) in [5, 5.41) is 12.6. The molecule has 0 saturated carbocycles. The first-order valence-electron chi connectivity index (χ1n) is 9.40. The third kappa shape index (κ3) is 6.50. The summed E-state index contributed by atoms with van der Waals surface area (Å²) >= 11 is 0. The molecule has 1 aromatic rings. The van der Waals surface area contributed by atoms with Crippen LogP contribution in [-0.4, -0.2) is 53.3 Å². The Morgan fingerprint density at radius 3 is 2.76 bits per heavy atom. The Morgan fingerprint density at radius 2 is 2.10 bits per heavy atom. The molecule has 1 aliphatic rings. The fourth-order valence-electron chi connectivity index (χ4n) is 2.93. The van der Waals surface area contributed by atoms with Crippen molar-refractivity contribution in [1.82, 2.24) is 10.2 Å². The standard InChI is InChI=1S/C20H26F2N2O5/c1-14(28-29-15(2)25)7-6-12-24-17(13-23-19(24)27)10-11-18(26)20(21,22)16-8-4-3-5-9-16/h3-5,8-11,14,17-18,26H,6-7,12-13H2,1-2H3,(H,23,27)/t14?,17-,18?/m0/s1. The first-order valence-corrected chi connectivity index (χ1v) is 9.40. The monoisotopic (exact) mass is 412 g/mol. The second kappa shape index (κ2) is 10.3. The third-order valence-corrected chi connectivity index (χ3v) is 4.51. The zero-order valence-electron chi connectivity index (χ0n) is 16.4. The molecule has 3 atom stereocenters. The van der Waals surface area contributed by atoms with Crippen LogP contribution in [0.5, 0.6) is 0 Å². The van der Waals surface area contributed by atoms with Gasteiger partial charge in [-0.25, -0.2) is 9.59 Å². The molecule has 0 bridgehead atoms. The van der Waals surface area contributed by atoms with E-state index in [1.165, 1.54) is 42.2 Å². The SMILES string of the molecule is CC(=O)OOC(C)CCCN1C(=O)NC[C@@H]1C=CC(O)C(F)(F)c1ccccc1. The van der Waals surface area contributed by atoms with Crippen LogP contribution in [0.1, 0.15) is 32.3 Å². The average molecular weight is 412 g/mol. The highest BCUT2D eigenvalue weighted by Gasteiger charge is 2.39. The van der Waals surface area contributed by atoms with Crippen molar-refractivity contribution < 1.29 is 33.3 Å². The quantitative estimate of drug-likeness (QED) is 0.351. The first kappa shape index (κ1) is 22.8. The van der Waals surface area contributed by atoms with Crippen molar-refractivity contribution in [3.63, 3.8) is 0 Å². The molecule has 1 heterocycles. The zero-order valence-corrected chi connectivity index (χ0v) is 16.4. The van der Waals surface area contributed by atoms with E-state index in [0.29, 0.717) is 19.4 Å². The zero-order chi connectivity index (χ0) is 21.4. The highest BCUT2D eigenvalue weighted by atomic mass is 19.3. The lowest BCUT2D eigenvalue weighted by molar-refractivity contribution is -0.293. The Labute approximate surface area is 168 Å². The molecule has 1 aromatic carbocycles. The molecular weight excluding hydrogens is 386 g/mol. The molecule has 2 rings (SSSR count). The summed E-state index contributed by atoms with van der Waals surface area (Å²) in [4.78, 5) is 33.6. The van der Waals surface area contributed by atoms with Crippen molar-refractivity contribution in [2.45, 2.75) is 50.9 Å². The topological polar surface area (TPSA) is 88.1 Å². The lowest BCUT2D eigenvalue weighted by Gasteiger charge is -2.23. The van der Waals surface area contributed by atoms with Crippen molar-refractivity contribution in [3.05, 3.63) is 48.0 Å². The largest absolute Gasteiger partial charge is 0.382 e. The van der Waals surface area contributed by atoms with Gasteiger partial charge in [0.2, 0.25) is 0 Å². The number of amides is 2. The molecule has 1 fully saturated rings. The molecule has 2 N–H and O–H groups in total. The van der Waals surface area contributed by atoms with Crippen molar-refractivity contribution >= 4 is 12.0 Å². The third-order valence-electron chi connectivity index (χ3n) is 4.51. The van der Waals surface area contributed by atoms with Gasteiger partial charge < -0.3 is 15.3 Å². The Morgan fingerprint density at radius 1 is 1.41 bits per heavy atom. The summed E-state index contributed by atoms with van der Waals surface area (Å²) in [6, 6.07) is 6.32. The number of urea groups is 1. The fraction of sp³-hybridized carbons (Fsp3) is 0.500. The molecule has 7 nitrogen and oxygen atoms in total. The highest BCUT2D eigenvalue weighted by molar-refractivity contribution is 5.77. The van der Waals surface area contributed by atoms with E-state index < -0.39 is 24.0 Å². The summed E-state index contributed by atoms with van der Waals surface area (Å²) in [5.41, 5.74) is -0.281. The summed E-state index contributed by atoms with van der Waals surface area (Å²) in [5.74, 6) is -3.99. The van der Waals surface area contributed by atoms with Gasteiger partial charge in [0.15, 0.2) is 0 Å². The molecule has 2 unspecified atom stereocenters. The average Bonchev–Trinajstić information content (AvgIpc) is 3.04. The lowest BCUT2D eigenvalue weighted by atomic mass is 10.0. The van der Waals surface area contributed by atoms with Gasteiger partial charge in [0.1, 0.15) is 12.2 Å². The van der Waals surface area contributed by atoms with Crippen LogP contribution in [0.4, 0.5) is 13.6 Å². The Hall–Kier alpha value is -2.52. The number of aliphatic hydroxyl groups is 1. The highest BCUT2D eigenvalue weighted by Crippen LogP contribution is 2.32. The molecule has 9 heteroatoms. The van der Waals surface area contributed by atoms with Crippen LogP contribution in [-0.2, 0) is 20.5 Å². The van der Waals surface area contributed by atoms with Gasteiger partial charge in [0.05, 0.1) is 6.04 Å². The van der Waals surface area contributed by atoms with Crippen LogP contribution < -0.4 is 5.32 Å². The molecule has 0 aromatic heterocycles. The van der Waals surface area contributed by atoms with E-state index in [0.717, 1.165) is 6.08 Å². The van der Waals surface area contributed by atoms with E-state index in [1.807, 2.05) is 0 Å². The van der Waals surface area contributed by atoms with Gasteiger partial charge in [-0.05, 0) is 19.8 Å². The van der Waals surface area contributed by atoms with Crippen LogP contribution in [0.25, 0.3) is 0 Å². The lowest BCUT2D eigenvalue weighted by Crippen LogP contribution is -2.35. The number of nitrogens with zero attached hydrogens (tertiary/aromatic N) is 1. The van der Waals surface area contributed by atoms with E-state index >= 15 is 0 Å². The van der Waals surface area contributed by atoms with Gasteiger partial charge in [0.25, 0.3) is 0 Å². The number of nitrogens with one attached hydrogen (secondary N) is 1. The van der Waals surface area contributed by atoms with Crippen molar-refractivity contribution in [1.29, 1.82) is 0 Å². The molecule has 29 heavy (non-hydrogen) atoms. The number of hydrogen-bond donors (Lipinski definition) is 2. The van der Waals surface area contributed by atoms with Gasteiger partial charge in [-0.1, -0.05) is 42.5 Å². The number of halogens is 2. The number of hydrogen-bond acceptors (Lipinski definition) is 5. The number of carbonyl (C=O) groups excluding carboxylic acids is 2. The number of alkyl halides is 2. The molecule has 0 aliphatic carbocycles. The summed E-state index contributed by atoms with van der Waals surface area (Å²) < 4.78 is 28.7. The van der Waals surface area contributed by atoms with Gasteiger partial charge in [-0.15, -0.1) is 0 Å². The molecule has 1 aliphatic heterocycles. The van der Waals surface area contributed by atoms with Gasteiger partial charge in [0, 0.05) is 25.6 Å².